The smallest absolute Gasteiger partial charge is 0.134 e. The Labute approximate surface area is 144 Å². The van der Waals surface area contributed by atoms with Gasteiger partial charge < -0.3 is 9.73 Å². The lowest BCUT2D eigenvalue weighted by molar-refractivity contribution is 0.289. The molecule has 24 heavy (non-hydrogen) atoms. The van der Waals surface area contributed by atoms with Crippen LogP contribution in [0.3, 0.4) is 0 Å². The van der Waals surface area contributed by atoms with Gasteiger partial charge in [0.15, 0.2) is 0 Å². The van der Waals surface area contributed by atoms with E-state index in [-0.39, 0.29) is 0 Å². The molecule has 2 aromatic carbocycles. The van der Waals surface area contributed by atoms with E-state index >= 15 is 0 Å². The van der Waals surface area contributed by atoms with Crippen molar-refractivity contribution in [2.45, 2.75) is 39.5 Å². The van der Waals surface area contributed by atoms with Crippen molar-refractivity contribution in [3.05, 3.63) is 71.5 Å². The Kier molecular flexibility index (Phi) is 5.34. The highest BCUT2D eigenvalue weighted by Gasteiger charge is 2.15. The lowest BCUT2D eigenvalue weighted by Crippen LogP contribution is -2.23. The minimum Gasteiger partial charge on any atom is -0.459 e. The number of nitrogens with zero attached hydrogens (tertiary/aromatic N) is 1. The monoisotopic (exact) mass is 322 g/mol. The predicted molar refractivity (Wildman–Crippen MR) is 99.8 cm³/mol. The van der Waals surface area contributed by atoms with E-state index in [1.54, 1.807) is 0 Å². The third kappa shape index (κ3) is 4.05. The van der Waals surface area contributed by atoms with Crippen LogP contribution >= 0.6 is 0 Å². The highest BCUT2D eigenvalue weighted by Crippen LogP contribution is 2.27. The van der Waals surface area contributed by atoms with Crippen molar-refractivity contribution >= 4 is 11.0 Å². The summed E-state index contributed by atoms with van der Waals surface area (Å²) in [5, 5.41) is 4.74. The molecule has 0 aliphatic heterocycles. The fourth-order valence-corrected chi connectivity index (χ4v) is 2.97. The first-order valence-corrected chi connectivity index (χ1v) is 8.58. The minimum atomic E-state index is 0.452. The van der Waals surface area contributed by atoms with Crippen molar-refractivity contribution in [2.24, 2.45) is 0 Å². The second-order valence-corrected chi connectivity index (χ2v) is 6.69. The van der Waals surface area contributed by atoms with Crippen LogP contribution in [0.4, 0.5) is 0 Å². The average Bonchev–Trinajstić information content (AvgIpc) is 2.90. The molecule has 1 aromatic heterocycles. The van der Waals surface area contributed by atoms with Crippen LogP contribution in [0, 0.1) is 0 Å². The van der Waals surface area contributed by atoms with Crippen molar-refractivity contribution in [3.8, 4) is 0 Å². The molecule has 0 aliphatic carbocycles. The van der Waals surface area contributed by atoms with Gasteiger partial charge in [0.05, 0.1) is 6.54 Å². The van der Waals surface area contributed by atoms with E-state index in [1.807, 2.05) is 6.07 Å². The summed E-state index contributed by atoms with van der Waals surface area (Å²) >= 11 is 0. The summed E-state index contributed by atoms with van der Waals surface area (Å²) in [6.07, 6.45) is 0. The average molecular weight is 322 g/mol. The SMILES string of the molecule is CC(C)NCc1c(CN(C)Cc2ccccc2)oc2ccccc12. The Morgan fingerprint density at radius 2 is 1.67 bits per heavy atom. The van der Waals surface area contributed by atoms with Gasteiger partial charge in [-0.25, -0.2) is 0 Å². The van der Waals surface area contributed by atoms with Crippen molar-refractivity contribution in [1.29, 1.82) is 0 Å². The van der Waals surface area contributed by atoms with Crippen LogP contribution in [0.25, 0.3) is 11.0 Å². The molecular weight excluding hydrogens is 296 g/mol. The first kappa shape index (κ1) is 16.7. The maximum Gasteiger partial charge on any atom is 0.134 e. The molecule has 0 saturated carbocycles. The molecule has 0 fully saturated rings. The van der Waals surface area contributed by atoms with Gasteiger partial charge >= 0.3 is 0 Å². The van der Waals surface area contributed by atoms with Crippen LogP contribution < -0.4 is 5.32 Å². The van der Waals surface area contributed by atoms with Crippen LogP contribution in [-0.4, -0.2) is 18.0 Å². The van der Waals surface area contributed by atoms with E-state index in [9.17, 15) is 0 Å². The van der Waals surface area contributed by atoms with Crippen LogP contribution in [-0.2, 0) is 19.6 Å². The van der Waals surface area contributed by atoms with E-state index < -0.39 is 0 Å². The van der Waals surface area contributed by atoms with Crippen molar-refractivity contribution < 1.29 is 4.42 Å². The molecule has 0 unspecified atom stereocenters. The summed E-state index contributed by atoms with van der Waals surface area (Å²) in [4.78, 5) is 2.30. The summed E-state index contributed by atoms with van der Waals surface area (Å²) in [6.45, 7) is 6.89. The number of para-hydroxylation sites is 1. The largest absolute Gasteiger partial charge is 0.459 e. The van der Waals surface area contributed by atoms with E-state index in [1.165, 1.54) is 16.5 Å². The zero-order chi connectivity index (χ0) is 16.9. The van der Waals surface area contributed by atoms with Gasteiger partial charge in [0.2, 0.25) is 0 Å². The third-order valence-corrected chi connectivity index (χ3v) is 4.18. The Bertz CT molecular complexity index is 777. The molecule has 0 atom stereocenters. The van der Waals surface area contributed by atoms with Gasteiger partial charge in [-0.3, -0.25) is 4.90 Å². The van der Waals surface area contributed by atoms with Gasteiger partial charge in [0.1, 0.15) is 11.3 Å². The number of nitrogens with one attached hydrogen (secondary N) is 1. The lowest BCUT2D eigenvalue weighted by Gasteiger charge is -2.16. The van der Waals surface area contributed by atoms with Gasteiger partial charge in [0, 0.05) is 30.1 Å². The first-order valence-electron chi connectivity index (χ1n) is 8.58. The summed E-state index contributed by atoms with van der Waals surface area (Å²) in [6, 6.07) is 19.3. The summed E-state index contributed by atoms with van der Waals surface area (Å²) in [5.74, 6) is 1.06. The molecule has 0 radical (unpaired) electrons. The zero-order valence-electron chi connectivity index (χ0n) is 14.8. The molecule has 3 heteroatoms. The van der Waals surface area contributed by atoms with Gasteiger partial charge in [0.25, 0.3) is 0 Å². The molecule has 3 rings (SSSR count). The molecule has 3 aromatic rings. The maximum absolute atomic E-state index is 6.16. The molecule has 0 bridgehead atoms. The number of hydrogen-bond acceptors (Lipinski definition) is 3. The Balaban J connectivity index is 1.81. The molecule has 0 saturated heterocycles. The van der Waals surface area contributed by atoms with Crippen LogP contribution in [0.5, 0.6) is 0 Å². The van der Waals surface area contributed by atoms with E-state index in [4.69, 9.17) is 4.42 Å². The molecule has 0 amide bonds. The van der Waals surface area contributed by atoms with Gasteiger partial charge in [-0.15, -0.1) is 0 Å². The summed E-state index contributed by atoms with van der Waals surface area (Å²) in [5.41, 5.74) is 3.57. The highest BCUT2D eigenvalue weighted by molar-refractivity contribution is 5.82. The number of furan rings is 1. The Morgan fingerprint density at radius 1 is 0.958 bits per heavy atom. The van der Waals surface area contributed by atoms with E-state index in [0.717, 1.165) is 31.0 Å². The Morgan fingerprint density at radius 3 is 2.42 bits per heavy atom. The normalized spacial score (nSPS) is 11.7. The second-order valence-electron chi connectivity index (χ2n) is 6.69. The molecule has 0 aliphatic rings. The zero-order valence-corrected chi connectivity index (χ0v) is 14.8. The number of fused-ring (bicyclic) bond motifs is 1. The standard InChI is InChI=1S/C21H26N2O/c1-16(2)22-13-19-18-11-7-8-12-20(18)24-21(19)15-23(3)14-17-9-5-4-6-10-17/h4-12,16,22H,13-15H2,1-3H3. The van der Waals surface area contributed by atoms with Crippen LogP contribution in [0.2, 0.25) is 0 Å². The van der Waals surface area contributed by atoms with Crippen LogP contribution in [0.1, 0.15) is 30.7 Å². The van der Waals surface area contributed by atoms with Crippen molar-refractivity contribution in [2.75, 3.05) is 7.05 Å². The number of rotatable bonds is 7. The van der Waals surface area contributed by atoms with E-state index in [0.29, 0.717) is 6.04 Å². The minimum absolute atomic E-state index is 0.452. The van der Waals surface area contributed by atoms with Crippen LogP contribution in [0.15, 0.2) is 59.0 Å². The summed E-state index contributed by atoms with van der Waals surface area (Å²) in [7, 11) is 2.14. The fourth-order valence-electron chi connectivity index (χ4n) is 2.97. The lowest BCUT2D eigenvalue weighted by atomic mass is 10.1. The highest BCUT2D eigenvalue weighted by atomic mass is 16.3. The Hall–Kier alpha value is -2.10. The molecular formula is C21H26N2O. The van der Waals surface area contributed by atoms with Crippen molar-refractivity contribution in [3.63, 3.8) is 0 Å². The second kappa shape index (κ2) is 7.65. The molecule has 126 valence electrons. The van der Waals surface area contributed by atoms with Gasteiger partial charge in [-0.1, -0.05) is 62.4 Å². The first-order chi connectivity index (χ1) is 11.6. The molecule has 1 heterocycles. The van der Waals surface area contributed by atoms with E-state index in [2.05, 4.69) is 79.6 Å². The quantitative estimate of drug-likeness (QED) is 0.691. The fraction of sp³-hybridized carbons (Fsp3) is 0.333. The summed E-state index contributed by atoms with van der Waals surface area (Å²) < 4.78 is 6.16. The molecule has 0 spiro atoms. The molecule has 1 N–H and O–H groups in total. The third-order valence-electron chi connectivity index (χ3n) is 4.18. The molecule has 3 nitrogen and oxygen atoms in total. The maximum atomic E-state index is 6.16. The van der Waals surface area contributed by atoms with Gasteiger partial charge in [-0.2, -0.15) is 0 Å². The predicted octanol–water partition coefficient (Wildman–Crippen LogP) is 4.56. The van der Waals surface area contributed by atoms with Crippen molar-refractivity contribution in [1.82, 2.24) is 10.2 Å². The number of hydrogen-bond donors (Lipinski definition) is 1. The number of benzene rings is 2. The van der Waals surface area contributed by atoms with Gasteiger partial charge in [-0.05, 0) is 18.7 Å². The topological polar surface area (TPSA) is 28.4 Å².